The summed E-state index contributed by atoms with van der Waals surface area (Å²) >= 11 is 0. The molecule has 4 aliphatic heterocycles. The van der Waals surface area contributed by atoms with Gasteiger partial charge in [0.1, 0.15) is 17.9 Å². The number of rotatable bonds is 5. The van der Waals surface area contributed by atoms with E-state index in [9.17, 15) is 0 Å². The second kappa shape index (κ2) is 8.86. The van der Waals surface area contributed by atoms with E-state index >= 15 is 4.39 Å². The minimum Gasteiger partial charge on any atom is -0.461 e. The summed E-state index contributed by atoms with van der Waals surface area (Å²) in [5.74, 6) is 0.446. The maximum Gasteiger partial charge on any atom is 0.319 e. The highest BCUT2D eigenvalue weighted by molar-refractivity contribution is 6.00. The Morgan fingerprint density at radius 2 is 1.82 bits per heavy atom. The predicted octanol–water partition coefficient (Wildman–Crippen LogP) is 4.57. The van der Waals surface area contributed by atoms with Crippen LogP contribution in [-0.2, 0) is 0 Å². The molecule has 202 valence electrons. The molecule has 0 amide bonds. The third-order valence-electron chi connectivity index (χ3n) is 9.67. The Bertz CT molecular complexity index is 1560. The number of hydrogen-bond donors (Lipinski definition) is 2. The molecule has 0 unspecified atom stereocenters. The molecule has 2 N–H and O–H groups in total. The Morgan fingerprint density at radius 1 is 1.03 bits per heavy atom. The maximum atomic E-state index is 16.6. The molecule has 8 rings (SSSR count). The van der Waals surface area contributed by atoms with Gasteiger partial charge in [-0.25, -0.2) is 4.39 Å². The smallest absolute Gasteiger partial charge is 0.319 e. The lowest BCUT2D eigenvalue weighted by Crippen LogP contribution is -2.51. The summed E-state index contributed by atoms with van der Waals surface area (Å²) in [6.45, 7) is 6.55. The molecular weight excluding hydrogens is 493 g/mol. The highest BCUT2D eigenvalue weighted by Crippen LogP contribution is 2.41. The summed E-state index contributed by atoms with van der Waals surface area (Å²) in [6.07, 6.45) is 8.78. The second-order valence-corrected chi connectivity index (χ2v) is 12.0. The third-order valence-corrected chi connectivity index (χ3v) is 9.67. The molecule has 2 aromatic carbocycles. The fourth-order valence-electron chi connectivity index (χ4n) is 7.74. The average Bonchev–Trinajstić information content (AvgIpc) is 3.72. The zero-order chi connectivity index (χ0) is 26.1. The number of H-pyrrole nitrogens is 1. The van der Waals surface area contributed by atoms with Gasteiger partial charge in [-0.15, -0.1) is 0 Å². The molecular formula is C30H34FN7O. The molecule has 0 spiro atoms. The van der Waals surface area contributed by atoms with Crippen LogP contribution in [-0.4, -0.2) is 75.5 Å². The van der Waals surface area contributed by atoms with Crippen LogP contribution < -0.4 is 15.0 Å². The Hall–Kier alpha value is -3.30. The van der Waals surface area contributed by atoms with E-state index in [0.29, 0.717) is 29.8 Å². The first-order chi connectivity index (χ1) is 19.1. The number of fused-ring (bicyclic) bond motifs is 5. The van der Waals surface area contributed by atoms with Crippen molar-refractivity contribution in [3.8, 4) is 17.1 Å². The van der Waals surface area contributed by atoms with E-state index in [1.54, 1.807) is 6.20 Å². The maximum absolute atomic E-state index is 16.6. The number of hydrogen-bond acceptors (Lipinski definition) is 7. The van der Waals surface area contributed by atoms with Crippen molar-refractivity contribution in [1.82, 2.24) is 30.4 Å². The van der Waals surface area contributed by atoms with Crippen LogP contribution in [0.15, 0.2) is 30.5 Å². The lowest BCUT2D eigenvalue weighted by atomic mass is 9.95. The van der Waals surface area contributed by atoms with E-state index in [0.717, 1.165) is 72.3 Å². The van der Waals surface area contributed by atoms with Crippen LogP contribution in [0.25, 0.3) is 32.9 Å². The van der Waals surface area contributed by atoms with Gasteiger partial charge < -0.3 is 15.0 Å². The molecule has 39 heavy (non-hydrogen) atoms. The van der Waals surface area contributed by atoms with Crippen molar-refractivity contribution in [3.63, 3.8) is 0 Å². The molecule has 0 aliphatic carbocycles. The van der Waals surface area contributed by atoms with Crippen LogP contribution in [0.1, 0.15) is 44.1 Å². The van der Waals surface area contributed by atoms with Crippen molar-refractivity contribution in [3.05, 3.63) is 41.8 Å². The van der Waals surface area contributed by atoms with Crippen LogP contribution >= 0.6 is 0 Å². The van der Waals surface area contributed by atoms with Gasteiger partial charge >= 0.3 is 6.01 Å². The molecule has 2 atom stereocenters. The molecule has 6 heterocycles. The average molecular weight is 528 g/mol. The lowest BCUT2D eigenvalue weighted by molar-refractivity contribution is 0.108. The number of nitrogens with zero attached hydrogens (tertiary/aromatic N) is 5. The number of aromatic amines is 1. The van der Waals surface area contributed by atoms with E-state index < -0.39 is 0 Å². The minimum atomic E-state index is -0.336. The quantitative estimate of drug-likeness (QED) is 0.394. The van der Waals surface area contributed by atoms with Crippen LogP contribution in [0, 0.1) is 12.7 Å². The SMILES string of the molecule is Cc1ccc2[nH]ncc2c1-c1ccc2c(N3C[C@H]4CC[C@@H](C3)N4)nc(OCC34CCCN3CCC4)nc2c1F. The van der Waals surface area contributed by atoms with E-state index in [2.05, 4.69) is 25.3 Å². The summed E-state index contributed by atoms with van der Waals surface area (Å²) in [7, 11) is 0. The fraction of sp³-hybridized carbons (Fsp3) is 0.500. The standard InChI is InChI=1S/C30H34FN7O/c1-18-4-9-24-23(14-32-36-24)25(18)21-7-8-22-27(26(21)31)34-29(39-17-30-10-2-12-38(30)13-3-11-30)35-28(22)37-15-19-5-6-20(16-37)33-19/h4,7-9,14,19-20,33H,2-3,5-6,10-13,15-17H2,1H3,(H,32,36)/t19-,20+. The van der Waals surface area contributed by atoms with Gasteiger partial charge in [0.15, 0.2) is 5.82 Å². The van der Waals surface area contributed by atoms with Gasteiger partial charge in [0.05, 0.1) is 17.3 Å². The molecule has 0 saturated carbocycles. The molecule has 2 bridgehead atoms. The van der Waals surface area contributed by atoms with Gasteiger partial charge in [-0.1, -0.05) is 12.1 Å². The summed E-state index contributed by atoms with van der Waals surface area (Å²) in [4.78, 5) is 14.6. The minimum absolute atomic E-state index is 0.0705. The van der Waals surface area contributed by atoms with Gasteiger partial charge in [-0.05, 0) is 81.8 Å². The molecule has 0 radical (unpaired) electrons. The van der Waals surface area contributed by atoms with Crippen molar-refractivity contribution >= 4 is 27.6 Å². The second-order valence-electron chi connectivity index (χ2n) is 12.0. The van der Waals surface area contributed by atoms with Crippen LogP contribution in [0.5, 0.6) is 6.01 Å². The monoisotopic (exact) mass is 527 g/mol. The van der Waals surface area contributed by atoms with Crippen molar-refractivity contribution in [2.24, 2.45) is 0 Å². The zero-order valence-electron chi connectivity index (χ0n) is 22.3. The number of aromatic nitrogens is 4. The fourth-order valence-corrected chi connectivity index (χ4v) is 7.74. The summed E-state index contributed by atoms with van der Waals surface area (Å²) < 4.78 is 23.0. The highest BCUT2D eigenvalue weighted by Gasteiger charge is 2.45. The Kier molecular flexibility index (Phi) is 5.35. The van der Waals surface area contributed by atoms with Crippen LogP contribution in [0.4, 0.5) is 10.2 Å². The molecule has 4 aliphatic rings. The molecule has 8 nitrogen and oxygen atoms in total. The largest absolute Gasteiger partial charge is 0.461 e. The first-order valence-electron chi connectivity index (χ1n) is 14.4. The summed E-state index contributed by atoms with van der Waals surface area (Å²) in [5, 5.41) is 12.6. The molecule has 2 aromatic heterocycles. The van der Waals surface area contributed by atoms with Crippen molar-refractivity contribution in [2.45, 2.75) is 63.1 Å². The number of piperazine rings is 1. The number of ether oxygens (including phenoxy) is 1. The van der Waals surface area contributed by atoms with Crippen molar-refractivity contribution in [1.29, 1.82) is 0 Å². The number of halogens is 1. The number of benzene rings is 2. The van der Waals surface area contributed by atoms with E-state index in [-0.39, 0.29) is 17.4 Å². The van der Waals surface area contributed by atoms with Gasteiger partial charge in [-0.3, -0.25) is 10.00 Å². The normalized spacial score (nSPS) is 24.2. The number of nitrogens with one attached hydrogen (secondary N) is 2. The molecule has 4 aromatic rings. The Morgan fingerprint density at radius 3 is 2.62 bits per heavy atom. The number of aryl methyl sites for hydroxylation is 1. The van der Waals surface area contributed by atoms with E-state index in [4.69, 9.17) is 14.7 Å². The third kappa shape index (κ3) is 3.73. The predicted molar refractivity (Wildman–Crippen MR) is 150 cm³/mol. The first-order valence-corrected chi connectivity index (χ1v) is 14.4. The first kappa shape index (κ1) is 23.6. The highest BCUT2D eigenvalue weighted by atomic mass is 19.1. The van der Waals surface area contributed by atoms with Crippen LogP contribution in [0.2, 0.25) is 0 Å². The number of anilines is 1. The summed E-state index contributed by atoms with van der Waals surface area (Å²) in [5.41, 5.74) is 3.64. The van der Waals surface area contributed by atoms with E-state index in [1.165, 1.54) is 25.7 Å². The topological polar surface area (TPSA) is 82.2 Å². The Balaban J connectivity index is 1.25. The zero-order valence-corrected chi connectivity index (χ0v) is 22.3. The van der Waals surface area contributed by atoms with Crippen LogP contribution in [0.3, 0.4) is 0 Å². The van der Waals surface area contributed by atoms with Gasteiger partial charge in [0.25, 0.3) is 0 Å². The molecule has 9 heteroatoms. The van der Waals surface area contributed by atoms with Gasteiger partial charge in [-0.2, -0.15) is 15.1 Å². The molecule has 4 saturated heterocycles. The van der Waals surface area contributed by atoms with E-state index in [1.807, 2.05) is 31.2 Å². The summed E-state index contributed by atoms with van der Waals surface area (Å²) in [6, 6.07) is 9.02. The van der Waals surface area contributed by atoms with Crippen molar-refractivity contribution in [2.75, 3.05) is 37.7 Å². The van der Waals surface area contributed by atoms with Crippen molar-refractivity contribution < 1.29 is 9.13 Å². The molecule has 4 fully saturated rings. The van der Waals surface area contributed by atoms with Gasteiger partial charge in [0.2, 0.25) is 0 Å². The Labute approximate surface area is 226 Å². The lowest BCUT2D eigenvalue weighted by Gasteiger charge is -2.34. The van der Waals surface area contributed by atoms with Gasteiger partial charge in [0, 0.05) is 41.5 Å².